The Kier molecular flexibility index (Phi) is 8.53. The lowest BCUT2D eigenvalue weighted by Gasteiger charge is -2.17. The van der Waals surface area contributed by atoms with Crippen molar-refractivity contribution in [2.75, 3.05) is 39.3 Å². The molecule has 0 radical (unpaired) electrons. The van der Waals surface area contributed by atoms with Crippen LogP contribution in [0.1, 0.15) is 12.5 Å². The van der Waals surface area contributed by atoms with Gasteiger partial charge in [-0.1, -0.05) is 47.9 Å². The molecular weight excluding hydrogens is 390 g/mol. The Hall–Kier alpha value is -1.45. The number of rotatable bonds is 10. The van der Waals surface area contributed by atoms with Crippen molar-refractivity contribution in [3.8, 4) is 11.5 Å². The summed E-state index contributed by atoms with van der Waals surface area (Å²) in [7, 11) is 5.05. The number of methoxy groups -OCH3 is 2. The summed E-state index contributed by atoms with van der Waals surface area (Å²) >= 11 is 4.64. The molecule has 142 valence electrons. The Morgan fingerprint density at radius 2 is 1.85 bits per heavy atom. The summed E-state index contributed by atoms with van der Waals surface area (Å²) in [6.45, 7) is 2.72. The fourth-order valence-corrected chi connectivity index (χ4v) is 4.99. The smallest absolute Gasteiger partial charge is 0.232 e. The standard InChI is InChI=1S/C17H23N3O3S3/c1-5-24-16-18-19-17(26-16)25-11-15(21)20(2)9-8-12-6-7-13(22-3)14(10-12)23-4/h6-7,10H,5,8-9,11H2,1-4H3. The van der Waals surface area contributed by atoms with E-state index < -0.39 is 0 Å². The average molecular weight is 414 g/mol. The average Bonchev–Trinajstić information content (AvgIpc) is 3.11. The minimum Gasteiger partial charge on any atom is -0.493 e. The lowest BCUT2D eigenvalue weighted by Crippen LogP contribution is -2.30. The number of thioether (sulfide) groups is 2. The van der Waals surface area contributed by atoms with E-state index in [-0.39, 0.29) is 5.91 Å². The van der Waals surface area contributed by atoms with Crippen molar-refractivity contribution in [2.24, 2.45) is 0 Å². The summed E-state index contributed by atoms with van der Waals surface area (Å²) in [6.07, 6.45) is 0.753. The summed E-state index contributed by atoms with van der Waals surface area (Å²) in [5.74, 6) is 2.82. The summed E-state index contributed by atoms with van der Waals surface area (Å²) in [5, 5.41) is 8.21. The van der Waals surface area contributed by atoms with Crippen LogP contribution in [0.5, 0.6) is 11.5 Å². The molecule has 1 amide bonds. The number of nitrogens with zero attached hydrogens (tertiary/aromatic N) is 3. The quantitative estimate of drug-likeness (QED) is 0.553. The molecule has 2 aromatic rings. The SMILES string of the molecule is CCSc1nnc(SCC(=O)N(C)CCc2ccc(OC)c(OC)c2)s1. The van der Waals surface area contributed by atoms with Crippen molar-refractivity contribution in [3.63, 3.8) is 0 Å². The van der Waals surface area contributed by atoms with Crippen molar-refractivity contribution >= 4 is 40.8 Å². The van der Waals surface area contributed by atoms with Gasteiger partial charge in [0.2, 0.25) is 5.91 Å². The zero-order valence-corrected chi connectivity index (χ0v) is 17.8. The van der Waals surface area contributed by atoms with Gasteiger partial charge in [-0.15, -0.1) is 10.2 Å². The van der Waals surface area contributed by atoms with Crippen LogP contribution in [0, 0.1) is 0 Å². The fourth-order valence-electron chi connectivity index (χ4n) is 2.13. The summed E-state index contributed by atoms with van der Waals surface area (Å²) in [4.78, 5) is 14.0. The second-order valence-corrected chi connectivity index (χ2v) is 9.02. The van der Waals surface area contributed by atoms with Crippen LogP contribution in [-0.4, -0.2) is 60.3 Å². The molecule has 0 saturated heterocycles. The van der Waals surface area contributed by atoms with Crippen molar-refractivity contribution in [2.45, 2.75) is 22.0 Å². The summed E-state index contributed by atoms with van der Waals surface area (Å²) in [6, 6.07) is 5.82. The zero-order valence-electron chi connectivity index (χ0n) is 15.4. The molecule has 0 saturated carbocycles. The highest BCUT2D eigenvalue weighted by atomic mass is 32.2. The number of hydrogen-bond donors (Lipinski definition) is 0. The maximum atomic E-state index is 12.3. The molecule has 2 rings (SSSR count). The van der Waals surface area contributed by atoms with E-state index >= 15 is 0 Å². The molecule has 26 heavy (non-hydrogen) atoms. The van der Waals surface area contributed by atoms with Gasteiger partial charge >= 0.3 is 0 Å². The molecule has 9 heteroatoms. The Bertz CT molecular complexity index is 724. The van der Waals surface area contributed by atoms with E-state index in [2.05, 4.69) is 17.1 Å². The minimum atomic E-state index is 0.0790. The first-order chi connectivity index (χ1) is 12.6. The zero-order chi connectivity index (χ0) is 18.9. The molecule has 1 heterocycles. The van der Waals surface area contributed by atoms with Gasteiger partial charge in [0.05, 0.1) is 20.0 Å². The van der Waals surface area contributed by atoms with Gasteiger partial charge in [0.1, 0.15) is 0 Å². The molecule has 0 fully saturated rings. The maximum Gasteiger partial charge on any atom is 0.232 e. The Balaban J connectivity index is 1.81. The number of aromatic nitrogens is 2. The lowest BCUT2D eigenvalue weighted by atomic mass is 10.1. The number of likely N-dealkylation sites (N-methyl/N-ethyl adjacent to an activating group) is 1. The molecule has 0 aliphatic rings. The largest absolute Gasteiger partial charge is 0.493 e. The van der Waals surface area contributed by atoms with E-state index in [0.717, 1.165) is 26.4 Å². The molecule has 0 aliphatic carbocycles. The van der Waals surface area contributed by atoms with Crippen LogP contribution in [-0.2, 0) is 11.2 Å². The van der Waals surface area contributed by atoms with Crippen molar-refractivity contribution in [1.82, 2.24) is 15.1 Å². The molecule has 1 aromatic heterocycles. The number of ether oxygens (including phenoxy) is 2. The van der Waals surface area contributed by atoms with E-state index in [1.54, 1.807) is 30.9 Å². The van der Waals surface area contributed by atoms with Crippen LogP contribution in [0.15, 0.2) is 26.9 Å². The van der Waals surface area contributed by atoms with E-state index in [0.29, 0.717) is 23.8 Å². The van der Waals surface area contributed by atoms with Crippen LogP contribution in [0.25, 0.3) is 0 Å². The highest BCUT2D eigenvalue weighted by molar-refractivity contribution is 8.03. The third kappa shape index (κ3) is 6.07. The van der Waals surface area contributed by atoms with E-state index in [1.807, 2.05) is 25.2 Å². The molecule has 6 nitrogen and oxygen atoms in total. The van der Waals surface area contributed by atoms with Crippen molar-refractivity contribution in [3.05, 3.63) is 23.8 Å². The number of benzene rings is 1. The molecule has 0 bridgehead atoms. The first-order valence-corrected chi connectivity index (χ1v) is 10.9. The predicted octanol–water partition coefficient (Wildman–Crippen LogP) is 3.46. The van der Waals surface area contributed by atoms with Crippen molar-refractivity contribution in [1.29, 1.82) is 0 Å². The normalized spacial score (nSPS) is 10.6. The first-order valence-electron chi connectivity index (χ1n) is 8.11. The first kappa shape index (κ1) is 20.9. The molecule has 0 unspecified atom stereocenters. The maximum absolute atomic E-state index is 12.3. The van der Waals surface area contributed by atoms with Gasteiger partial charge in [0, 0.05) is 13.6 Å². The van der Waals surface area contributed by atoms with Gasteiger partial charge in [0.25, 0.3) is 0 Å². The van der Waals surface area contributed by atoms with E-state index in [9.17, 15) is 4.79 Å². The van der Waals surface area contributed by atoms with Gasteiger partial charge < -0.3 is 14.4 Å². The fraction of sp³-hybridized carbons (Fsp3) is 0.471. The van der Waals surface area contributed by atoms with Gasteiger partial charge in [-0.05, 0) is 29.9 Å². The van der Waals surface area contributed by atoms with Gasteiger partial charge in [-0.25, -0.2) is 0 Å². The number of hydrogen-bond acceptors (Lipinski definition) is 8. The Labute approximate surface area is 166 Å². The highest BCUT2D eigenvalue weighted by Crippen LogP contribution is 2.29. The van der Waals surface area contributed by atoms with E-state index in [1.165, 1.54) is 23.1 Å². The van der Waals surface area contributed by atoms with Crippen molar-refractivity contribution < 1.29 is 14.3 Å². The monoisotopic (exact) mass is 413 g/mol. The minimum absolute atomic E-state index is 0.0790. The van der Waals surface area contributed by atoms with Crippen LogP contribution in [0.2, 0.25) is 0 Å². The second kappa shape index (κ2) is 10.6. The summed E-state index contributed by atoms with van der Waals surface area (Å²) in [5.41, 5.74) is 1.10. The van der Waals surface area contributed by atoms with Crippen LogP contribution >= 0.6 is 34.9 Å². The summed E-state index contributed by atoms with van der Waals surface area (Å²) < 4.78 is 12.3. The Morgan fingerprint density at radius 1 is 1.15 bits per heavy atom. The number of carbonyl (C=O) groups excluding carboxylic acids is 1. The third-order valence-corrected chi connectivity index (χ3v) is 6.64. The topological polar surface area (TPSA) is 64.6 Å². The second-order valence-electron chi connectivity index (χ2n) is 5.31. The van der Waals surface area contributed by atoms with Gasteiger partial charge in [0.15, 0.2) is 20.2 Å². The van der Waals surface area contributed by atoms with Crippen LogP contribution in [0.4, 0.5) is 0 Å². The Morgan fingerprint density at radius 3 is 2.50 bits per heavy atom. The third-order valence-electron chi connectivity index (χ3n) is 3.58. The highest BCUT2D eigenvalue weighted by Gasteiger charge is 2.13. The molecule has 0 atom stereocenters. The van der Waals surface area contributed by atoms with Crippen LogP contribution in [0.3, 0.4) is 0 Å². The van der Waals surface area contributed by atoms with Crippen LogP contribution < -0.4 is 9.47 Å². The van der Waals surface area contributed by atoms with Gasteiger partial charge in [-0.3, -0.25) is 4.79 Å². The van der Waals surface area contributed by atoms with Gasteiger partial charge in [-0.2, -0.15) is 0 Å². The molecule has 0 N–H and O–H groups in total. The number of carbonyl (C=O) groups is 1. The number of amides is 1. The molecular formula is C17H23N3O3S3. The molecule has 1 aromatic carbocycles. The molecule has 0 spiro atoms. The lowest BCUT2D eigenvalue weighted by molar-refractivity contribution is -0.127. The molecule has 0 aliphatic heterocycles. The predicted molar refractivity (Wildman–Crippen MR) is 108 cm³/mol. The van der Waals surface area contributed by atoms with E-state index in [4.69, 9.17) is 9.47 Å².